The smallest absolute Gasteiger partial charge is 0.280 e. The topological polar surface area (TPSA) is 80.5 Å². The van der Waals surface area contributed by atoms with Gasteiger partial charge in [-0.25, -0.2) is 0 Å². The van der Waals surface area contributed by atoms with Gasteiger partial charge in [0.15, 0.2) is 13.1 Å². The van der Waals surface area contributed by atoms with Gasteiger partial charge in [-0.2, -0.15) is 5.10 Å². The first-order chi connectivity index (χ1) is 12.4. The summed E-state index contributed by atoms with van der Waals surface area (Å²) in [6.07, 6.45) is 2.11. The summed E-state index contributed by atoms with van der Waals surface area (Å²) in [6, 6.07) is 9.52. The van der Waals surface area contributed by atoms with Crippen molar-refractivity contribution in [3.8, 4) is 11.3 Å². The third-order valence-corrected chi connectivity index (χ3v) is 4.41. The van der Waals surface area contributed by atoms with E-state index in [0.717, 1.165) is 29.0 Å². The maximum absolute atomic E-state index is 12.3. The molecule has 1 aliphatic rings. The van der Waals surface area contributed by atoms with Crippen LogP contribution in [0.3, 0.4) is 0 Å². The minimum Gasteiger partial charge on any atom is -0.348 e. The SMILES string of the molecule is Cn1nc(-c2ccc(Cl)cc2)cc1NC(=O)C[NH+](C)CC(=O)NC1CC1. The Morgan fingerprint density at radius 1 is 1.23 bits per heavy atom. The number of aryl methyl sites for hydroxylation is 1. The highest BCUT2D eigenvalue weighted by Crippen LogP contribution is 2.23. The minimum absolute atomic E-state index is 0.0108. The Kier molecular flexibility index (Phi) is 5.58. The monoisotopic (exact) mass is 376 g/mol. The number of rotatable bonds is 7. The van der Waals surface area contributed by atoms with Crippen LogP contribution < -0.4 is 15.5 Å². The second-order valence-corrected chi connectivity index (χ2v) is 7.18. The molecule has 0 spiro atoms. The second kappa shape index (κ2) is 7.88. The summed E-state index contributed by atoms with van der Waals surface area (Å²) in [4.78, 5) is 24.9. The van der Waals surface area contributed by atoms with Crippen LogP contribution in [0.1, 0.15) is 12.8 Å². The molecule has 2 amide bonds. The molecule has 0 bridgehead atoms. The van der Waals surface area contributed by atoms with E-state index in [9.17, 15) is 9.59 Å². The molecule has 1 atom stereocenters. The van der Waals surface area contributed by atoms with Gasteiger partial charge in [-0.1, -0.05) is 23.7 Å². The molecule has 138 valence electrons. The van der Waals surface area contributed by atoms with Gasteiger partial charge in [0, 0.05) is 29.7 Å². The molecular formula is C18H23ClN5O2+. The van der Waals surface area contributed by atoms with E-state index < -0.39 is 0 Å². The number of aromatic nitrogens is 2. The van der Waals surface area contributed by atoms with Crippen LogP contribution in [0.4, 0.5) is 5.82 Å². The summed E-state index contributed by atoms with van der Waals surface area (Å²) in [6.45, 7) is 0.491. The molecule has 1 aromatic heterocycles. The molecule has 1 unspecified atom stereocenters. The van der Waals surface area contributed by atoms with Crippen molar-refractivity contribution < 1.29 is 14.5 Å². The van der Waals surface area contributed by atoms with Crippen molar-refractivity contribution in [3.05, 3.63) is 35.4 Å². The second-order valence-electron chi connectivity index (χ2n) is 6.75. The van der Waals surface area contributed by atoms with Gasteiger partial charge in [-0.15, -0.1) is 0 Å². The summed E-state index contributed by atoms with van der Waals surface area (Å²) < 4.78 is 1.62. The van der Waals surface area contributed by atoms with E-state index in [-0.39, 0.29) is 24.9 Å². The Balaban J connectivity index is 1.55. The van der Waals surface area contributed by atoms with Crippen LogP contribution in [-0.2, 0) is 16.6 Å². The van der Waals surface area contributed by atoms with Crippen molar-refractivity contribution in [1.29, 1.82) is 0 Å². The minimum atomic E-state index is -0.160. The van der Waals surface area contributed by atoms with Crippen molar-refractivity contribution in [2.45, 2.75) is 18.9 Å². The van der Waals surface area contributed by atoms with Crippen molar-refractivity contribution in [2.75, 3.05) is 25.5 Å². The molecule has 7 nitrogen and oxygen atoms in total. The van der Waals surface area contributed by atoms with Crippen molar-refractivity contribution >= 4 is 29.2 Å². The highest BCUT2D eigenvalue weighted by atomic mass is 35.5. The number of benzene rings is 1. The number of hydrogen-bond acceptors (Lipinski definition) is 3. The van der Waals surface area contributed by atoms with E-state index in [1.54, 1.807) is 23.9 Å². The molecule has 26 heavy (non-hydrogen) atoms. The van der Waals surface area contributed by atoms with Crippen molar-refractivity contribution in [3.63, 3.8) is 0 Å². The van der Waals surface area contributed by atoms with Gasteiger partial charge in [0.05, 0.1) is 12.7 Å². The fourth-order valence-electron chi connectivity index (χ4n) is 2.65. The highest BCUT2D eigenvalue weighted by Gasteiger charge is 2.25. The highest BCUT2D eigenvalue weighted by molar-refractivity contribution is 6.30. The average Bonchev–Trinajstić information content (AvgIpc) is 3.30. The largest absolute Gasteiger partial charge is 0.348 e. The van der Waals surface area contributed by atoms with E-state index in [0.29, 0.717) is 16.9 Å². The zero-order valence-corrected chi connectivity index (χ0v) is 15.6. The van der Waals surface area contributed by atoms with E-state index in [1.165, 1.54) is 0 Å². The molecule has 1 fully saturated rings. The van der Waals surface area contributed by atoms with E-state index >= 15 is 0 Å². The summed E-state index contributed by atoms with van der Waals surface area (Å²) in [5.41, 5.74) is 1.67. The van der Waals surface area contributed by atoms with Crippen molar-refractivity contribution in [1.82, 2.24) is 15.1 Å². The van der Waals surface area contributed by atoms with Gasteiger partial charge in [0.2, 0.25) is 0 Å². The molecule has 1 saturated carbocycles. The molecule has 0 radical (unpaired) electrons. The van der Waals surface area contributed by atoms with Crippen LogP contribution in [0.15, 0.2) is 30.3 Å². The van der Waals surface area contributed by atoms with Crippen LogP contribution in [0.2, 0.25) is 5.02 Å². The average molecular weight is 377 g/mol. The molecule has 2 aromatic rings. The van der Waals surface area contributed by atoms with E-state index in [1.807, 2.05) is 25.2 Å². The number of carbonyl (C=O) groups is 2. The van der Waals surface area contributed by atoms with E-state index in [4.69, 9.17) is 11.6 Å². The fourth-order valence-corrected chi connectivity index (χ4v) is 2.78. The maximum Gasteiger partial charge on any atom is 0.280 e. The molecular weight excluding hydrogens is 354 g/mol. The number of carbonyl (C=O) groups excluding carboxylic acids is 2. The van der Waals surface area contributed by atoms with Gasteiger partial charge in [-0.05, 0) is 25.0 Å². The Morgan fingerprint density at radius 2 is 1.88 bits per heavy atom. The number of nitrogens with zero attached hydrogens (tertiary/aromatic N) is 2. The number of anilines is 1. The number of likely N-dealkylation sites (N-methyl/N-ethyl adjacent to an activating group) is 1. The maximum atomic E-state index is 12.3. The predicted octanol–water partition coefficient (Wildman–Crippen LogP) is 0.472. The predicted molar refractivity (Wildman–Crippen MR) is 100 cm³/mol. The summed E-state index contributed by atoms with van der Waals surface area (Å²) in [5, 5.41) is 10.9. The Labute approximate surface area is 157 Å². The lowest BCUT2D eigenvalue weighted by atomic mass is 10.1. The summed E-state index contributed by atoms with van der Waals surface area (Å²) in [5.74, 6) is 0.436. The summed E-state index contributed by atoms with van der Waals surface area (Å²) in [7, 11) is 3.60. The Bertz CT molecular complexity index is 798. The first-order valence-corrected chi connectivity index (χ1v) is 8.99. The van der Waals surface area contributed by atoms with Crippen molar-refractivity contribution in [2.24, 2.45) is 7.05 Å². The number of nitrogens with one attached hydrogen (secondary N) is 3. The van der Waals surface area contributed by atoms with Gasteiger partial charge < -0.3 is 15.5 Å². The lowest BCUT2D eigenvalue weighted by Crippen LogP contribution is -3.11. The van der Waals surface area contributed by atoms with Crippen LogP contribution in [0.25, 0.3) is 11.3 Å². The first kappa shape index (κ1) is 18.4. The molecule has 1 aromatic carbocycles. The number of hydrogen-bond donors (Lipinski definition) is 3. The molecule has 3 N–H and O–H groups in total. The van der Waals surface area contributed by atoms with Crippen LogP contribution in [0, 0.1) is 0 Å². The lowest BCUT2D eigenvalue weighted by molar-refractivity contribution is -0.862. The van der Waals surface area contributed by atoms with E-state index in [2.05, 4.69) is 15.7 Å². The first-order valence-electron chi connectivity index (χ1n) is 8.61. The Morgan fingerprint density at radius 3 is 2.54 bits per heavy atom. The Hall–Kier alpha value is -2.38. The number of quaternary nitrogens is 1. The molecule has 0 saturated heterocycles. The van der Waals surface area contributed by atoms with Gasteiger partial charge in [0.25, 0.3) is 11.8 Å². The molecule has 3 rings (SSSR count). The van der Waals surface area contributed by atoms with Gasteiger partial charge >= 0.3 is 0 Å². The quantitative estimate of drug-likeness (QED) is 0.657. The number of halogens is 1. The number of amides is 2. The zero-order chi connectivity index (χ0) is 18.7. The standard InChI is InChI=1S/C18H22ClN5O2/c1-23(10-17(25)20-14-7-8-14)11-18(26)21-16-9-15(22-24(16)2)12-3-5-13(19)6-4-12/h3-6,9,14H,7-8,10-11H2,1-2H3,(H,20,25)(H,21,26)/p+1. The summed E-state index contributed by atoms with van der Waals surface area (Å²) >= 11 is 5.91. The van der Waals surface area contributed by atoms with Crippen LogP contribution in [-0.4, -0.2) is 47.8 Å². The van der Waals surface area contributed by atoms with Crippen LogP contribution >= 0.6 is 11.6 Å². The molecule has 8 heteroatoms. The third kappa shape index (κ3) is 5.06. The molecule has 1 heterocycles. The zero-order valence-electron chi connectivity index (χ0n) is 14.9. The fraction of sp³-hybridized carbons (Fsp3) is 0.389. The molecule has 1 aliphatic carbocycles. The van der Waals surface area contributed by atoms with Gasteiger partial charge in [-0.3, -0.25) is 14.3 Å². The normalized spacial score (nSPS) is 14.7. The third-order valence-electron chi connectivity index (χ3n) is 4.15. The molecule has 0 aliphatic heterocycles. The van der Waals surface area contributed by atoms with Gasteiger partial charge in [0.1, 0.15) is 5.82 Å². The van der Waals surface area contributed by atoms with Crippen LogP contribution in [0.5, 0.6) is 0 Å². The lowest BCUT2D eigenvalue weighted by Gasteiger charge is -2.13.